The Kier molecular flexibility index (Phi) is 5.49. The fourth-order valence-corrected chi connectivity index (χ4v) is 4.83. The Morgan fingerprint density at radius 1 is 1.04 bits per heavy atom. The summed E-state index contributed by atoms with van der Waals surface area (Å²) < 4.78 is 37.4. The highest BCUT2D eigenvalue weighted by molar-refractivity contribution is 7.89. The molecule has 0 radical (unpaired) electrons. The van der Waals surface area contributed by atoms with Gasteiger partial charge in [-0.05, 0) is 12.1 Å². The van der Waals surface area contributed by atoms with Crippen molar-refractivity contribution in [1.82, 2.24) is 4.31 Å². The zero-order chi connectivity index (χ0) is 18.0. The van der Waals surface area contributed by atoms with Crippen LogP contribution in [0.25, 0.3) is 0 Å². The molecule has 2 heterocycles. The van der Waals surface area contributed by atoms with Crippen molar-refractivity contribution in [3.8, 4) is 0 Å². The molecule has 0 atom stereocenters. The first-order valence-electron chi connectivity index (χ1n) is 7.88. The van der Waals surface area contributed by atoms with Gasteiger partial charge in [-0.25, -0.2) is 13.2 Å². The molecule has 0 bridgehead atoms. The van der Waals surface area contributed by atoms with Gasteiger partial charge in [-0.2, -0.15) is 4.31 Å². The fourth-order valence-electron chi connectivity index (χ4n) is 2.90. The highest BCUT2D eigenvalue weighted by atomic mass is 35.5. The van der Waals surface area contributed by atoms with E-state index >= 15 is 0 Å². The second kappa shape index (κ2) is 7.46. The maximum atomic E-state index is 12.8. The number of morpholine rings is 2. The minimum Gasteiger partial charge on any atom is -0.478 e. The molecule has 2 aliphatic rings. The minimum atomic E-state index is -3.88. The number of halogens is 1. The normalized spacial score (nSPS) is 19.8. The summed E-state index contributed by atoms with van der Waals surface area (Å²) in [6, 6.07) is 2.57. The summed E-state index contributed by atoms with van der Waals surface area (Å²) in [4.78, 5) is 13.3. The highest BCUT2D eigenvalue weighted by Gasteiger charge is 2.31. The molecule has 8 nitrogen and oxygen atoms in total. The molecule has 0 aromatic heterocycles. The molecule has 0 spiro atoms. The van der Waals surface area contributed by atoms with E-state index in [1.54, 1.807) is 0 Å². The molecule has 1 aromatic rings. The van der Waals surface area contributed by atoms with Crippen LogP contribution in [0.1, 0.15) is 10.4 Å². The molecule has 2 fully saturated rings. The lowest BCUT2D eigenvalue weighted by atomic mass is 10.1. The van der Waals surface area contributed by atoms with Crippen LogP contribution in [-0.2, 0) is 19.5 Å². The van der Waals surface area contributed by atoms with Crippen LogP contribution in [0.2, 0.25) is 5.02 Å². The Balaban J connectivity index is 2.03. The topological polar surface area (TPSA) is 96.4 Å². The quantitative estimate of drug-likeness (QED) is 0.815. The number of hydrogen-bond acceptors (Lipinski definition) is 6. The number of rotatable bonds is 4. The molecular weight excluding hydrogens is 372 g/mol. The van der Waals surface area contributed by atoms with E-state index in [-0.39, 0.29) is 28.6 Å². The molecular formula is C15H19ClN2O6S. The van der Waals surface area contributed by atoms with Crippen molar-refractivity contribution in [2.75, 3.05) is 57.5 Å². The molecule has 10 heteroatoms. The Labute approximate surface area is 150 Å². The van der Waals surface area contributed by atoms with Crippen LogP contribution in [0.15, 0.2) is 17.0 Å². The van der Waals surface area contributed by atoms with Gasteiger partial charge >= 0.3 is 5.97 Å². The van der Waals surface area contributed by atoms with Crippen LogP contribution in [0.4, 0.5) is 5.69 Å². The predicted octanol–water partition coefficient (Wildman–Crippen LogP) is 0.896. The van der Waals surface area contributed by atoms with E-state index in [4.69, 9.17) is 21.1 Å². The highest BCUT2D eigenvalue weighted by Crippen LogP contribution is 2.33. The number of carboxylic acids is 1. The second-order valence-corrected chi connectivity index (χ2v) is 8.03. The molecule has 1 aromatic carbocycles. The molecule has 1 N–H and O–H groups in total. The van der Waals surface area contributed by atoms with Crippen molar-refractivity contribution >= 4 is 33.3 Å². The Morgan fingerprint density at radius 3 is 2.16 bits per heavy atom. The van der Waals surface area contributed by atoms with Crippen LogP contribution in [-0.4, -0.2) is 76.4 Å². The van der Waals surface area contributed by atoms with Gasteiger partial charge in [-0.15, -0.1) is 0 Å². The maximum absolute atomic E-state index is 12.8. The molecule has 0 amide bonds. The number of carboxylic acid groups (broad SMARTS) is 1. The average molecular weight is 391 g/mol. The van der Waals surface area contributed by atoms with Crippen LogP contribution in [0.5, 0.6) is 0 Å². The summed E-state index contributed by atoms with van der Waals surface area (Å²) in [5.74, 6) is -1.20. The number of ether oxygens (including phenoxy) is 2. The van der Waals surface area contributed by atoms with Gasteiger partial charge in [0.15, 0.2) is 0 Å². The monoisotopic (exact) mass is 390 g/mol. The first-order chi connectivity index (χ1) is 11.9. The van der Waals surface area contributed by atoms with Gasteiger partial charge in [0, 0.05) is 26.2 Å². The molecule has 138 valence electrons. The predicted molar refractivity (Wildman–Crippen MR) is 91.0 cm³/mol. The number of nitrogens with zero attached hydrogens (tertiary/aromatic N) is 2. The first-order valence-corrected chi connectivity index (χ1v) is 9.70. The van der Waals surface area contributed by atoms with E-state index < -0.39 is 16.0 Å². The molecule has 2 saturated heterocycles. The largest absolute Gasteiger partial charge is 0.478 e. The van der Waals surface area contributed by atoms with Gasteiger partial charge in [-0.3, -0.25) is 0 Å². The molecule has 0 aliphatic carbocycles. The Morgan fingerprint density at radius 2 is 1.60 bits per heavy atom. The maximum Gasteiger partial charge on any atom is 0.337 e. The van der Waals surface area contributed by atoms with Crippen LogP contribution in [0.3, 0.4) is 0 Å². The number of sulfonamides is 1. The van der Waals surface area contributed by atoms with Crippen molar-refractivity contribution in [2.24, 2.45) is 0 Å². The lowest BCUT2D eigenvalue weighted by Gasteiger charge is -2.31. The van der Waals surface area contributed by atoms with Gasteiger partial charge < -0.3 is 19.5 Å². The van der Waals surface area contributed by atoms with Crippen LogP contribution in [0, 0.1) is 0 Å². The standard InChI is InChI=1S/C15H19ClN2O6S/c16-12-10-13(17-1-5-23-6-2-17)11(15(19)20)9-14(12)25(21,22)18-3-7-24-8-4-18/h9-10H,1-8H2,(H,19,20). The van der Waals surface area contributed by atoms with Gasteiger partial charge in [-0.1, -0.05) is 11.6 Å². The number of anilines is 1. The minimum absolute atomic E-state index is 0.0120. The summed E-state index contributed by atoms with van der Waals surface area (Å²) in [6.07, 6.45) is 0. The van der Waals surface area contributed by atoms with Gasteiger partial charge in [0.05, 0.1) is 42.7 Å². The van der Waals surface area contributed by atoms with E-state index in [9.17, 15) is 18.3 Å². The SMILES string of the molecule is O=C(O)c1cc(S(=O)(=O)N2CCOCC2)c(Cl)cc1N1CCOCC1. The summed E-state index contributed by atoms with van der Waals surface area (Å²) in [5, 5.41) is 9.57. The summed E-state index contributed by atoms with van der Waals surface area (Å²) in [6.45, 7) is 3.02. The van der Waals surface area contributed by atoms with Crippen molar-refractivity contribution in [2.45, 2.75) is 4.90 Å². The van der Waals surface area contributed by atoms with E-state index in [0.29, 0.717) is 45.2 Å². The smallest absolute Gasteiger partial charge is 0.337 e. The summed E-state index contributed by atoms with van der Waals surface area (Å²) in [7, 11) is -3.88. The molecule has 25 heavy (non-hydrogen) atoms. The molecule has 2 aliphatic heterocycles. The van der Waals surface area contributed by atoms with Crippen LogP contribution < -0.4 is 4.90 Å². The van der Waals surface area contributed by atoms with Crippen molar-refractivity contribution < 1.29 is 27.8 Å². The first kappa shape index (κ1) is 18.4. The lowest BCUT2D eigenvalue weighted by molar-refractivity contribution is 0.0695. The fraction of sp³-hybridized carbons (Fsp3) is 0.533. The summed E-state index contributed by atoms with van der Waals surface area (Å²) >= 11 is 6.24. The van der Waals surface area contributed by atoms with E-state index in [2.05, 4.69) is 0 Å². The Bertz CT molecular complexity index is 758. The lowest BCUT2D eigenvalue weighted by Crippen LogP contribution is -2.41. The third-order valence-corrected chi connectivity index (χ3v) is 6.58. The van der Waals surface area contributed by atoms with Crippen LogP contribution >= 0.6 is 11.6 Å². The van der Waals surface area contributed by atoms with E-state index in [1.807, 2.05) is 4.90 Å². The van der Waals surface area contributed by atoms with Crippen molar-refractivity contribution in [3.63, 3.8) is 0 Å². The van der Waals surface area contributed by atoms with Gasteiger partial charge in [0.25, 0.3) is 0 Å². The van der Waals surface area contributed by atoms with Crippen molar-refractivity contribution in [1.29, 1.82) is 0 Å². The summed E-state index contributed by atoms with van der Waals surface area (Å²) in [5.41, 5.74) is 0.319. The number of aromatic carboxylic acids is 1. The van der Waals surface area contributed by atoms with Gasteiger partial charge in [0.2, 0.25) is 10.0 Å². The zero-order valence-electron chi connectivity index (χ0n) is 13.5. The van der Waals surface area contributed by atoms with Gasteiger partial charge in [0.1, 0.15) is 4.90 Å². The second-order valence-electron chi connectivity index (χ2n) is 5.72. The van der Waals surface area contributed by atoms with E-state index in [1.165, 1.54) is 10.4 Å². The molecule has 3 rings (SSSR count). The number of benzene rings is 1. The third kappa shape index (κ3) is 3.75. The third-order valence-electron chi connectivity index (χ3n) is 4.22. The number of hydrogen-bond donors (Lipinski definition) is 1. The molecule has 0 saturated carbocycles. The number of carbonyl (C=O) groups is 1. The molecule has 0 unspecified atom stereocenters. The van der Waals surface area contributed by atoms with E-state index in [0.717, 1.165) is 6.07 Å². The van der Waals surface area contributed by atoms with Crippen molar-refractivity contribution in [3.05, 3.63) is 22.7 Å². The average Bonchev–Trinajstić information content (AvgIpc) is 2.62. The Hall–Kier alpha value is -1.39. The zero-order valence-corrected chi connectivity index (χ0v) is 15.1.